The van der Waals surface area contributed by atoms with Gasteiger partial charge in [0.05, 0.1) is 18.8 Å². The normalized spacial score (nSPS) is 19.3. The number of benzene rings is 1. The van der Waals surface area contributed by atoms with E-state index < -0.39 is 0 Å². The molecule has 1 aromatic rings. The van der Waals surface area contributed by atoms with E-state index in [1.54, 1.807) is 25.3 Å². The molecule has 2 rings (SSSR count). The van der Waals surface area contributed by atoms with Crippen LogP contribution in [0.1, 0.15) is 29.6 Å². The largest absolute Gasteiger partial charge is 0.497 e. The van der Waals surface area contributed by atoms with Crippen LogP contribution in [0, 0.1) is 0 Å². The van der Waals surface area contributed by atoms with E-state index in [2.05, 4.69) is 0 Å². The zero-order chi connectivity index (χ0) is 12.8. The summed E-state index contributed by atoms with van der Waals surface area (Å²) < 4.78 is 16.3. The minimum absolute atomic E-state index is 0.139. The van der Waals surface area contributed by atoms with Crippen LogP contribution in [0.3, 0.4) is 0 Å². The fourth-order valence-corrected chi connectivity index (χ4v) is 2.00. The van der Waals surface area contributed by atoms with Gasteiger partial charge in [-0.25, -0.2) is 0 Å². The number of hydrogen-bond acceptors (Lipinski definition) is 4. The van der Waals surface area contributed by atoms with Crippen LogP contribution in [0.15, 0.2) is 18.2 Å². The Morgan fingerprint density at radius 1 is 1.44 bits per heavy atom. The highest BCUT2D eigenvalue weighted by molar-refractivity contribution is 5.80. The van der Waals surface area contributed by atoms with E-state index in [1.807, 2.05) is 0 Å². The summed E-state index contributed by atoms with van der Waals surface area (Å²) in [6.07, 6.45) is 4.24. The molecule has 1 saturated heterocycles. The molecule has 1 heterocycles. The molecule has 18 heavy (non-hydrogen) atoms. The first-order valence-electron chi connectivity index (χ1n) is 6.21. The van der Waals surface area contributed by atoms with Crippen molar-refractivity contribution >= 4 is 6.29 Å². The van der Waals surface area contributed by atoms with Gasteiger partial charge in [-0.05, 0) is 37.5 Å². The van der Waals surface area contributed by atoms with Crippen LogP contribution in [0.5, 0.6) is 11.5 Å². The van der Waals surface area contributed by atoms with Crippen LogP contribution in [0.4, 0.5) is 0 Å². The highest BCUT2D eigenvalue weighted by atomic mass is 16.5. The van der Waals surface area contributed by atoms with Gasteiger partial charge in [-0.3, -0.25) is 4.79 Å². The van der Waals surface area contributed by atoms with E-state index in [4.69, 9.17) is 14.2 Å². The third-order valence-corrected chi connectivity index (χ3v) is 3.04. The van der Waals surface area contributed by atoms with Gasteiger partial charge in [0.1, 0.15) is 18.1 Å². The van der Waals surface area contributed by atoms with Crippen LogP contribution in [0.25, 0.3) is 0 Å². The van der Waals surface area contributed by atoms with Crippen molar-refractivity contribution in [2.45, 2.75) is 25.4 Å². The highest BCUT2D eigenvalue weighted by Gasteiger charge is 2.15. The first-order chi connectivity index (χ1) is 8.83. The summed E-state index contributed by atoms with van der Waals surface area (Å²) >= 11 is 0. The summed E-state index contributed by atoms with van der Waals surface area (Å²) in [4.78, 5) is 11.0. The third kappa shape index (κ3) is 3.23. The molecule has 0 spiro atoms. The lowest BCUT2D eigenvalue weighted by Crippen LogP contribution is -2.26. The summed E-state index contributed by atoms with van der Waals surface area (Å²) in [5, 5.41) is 0. The molecule has 0 radical (unpaired) electrons. The van der Waals surface area contributed by atoms with Gasteiger partial charge in [0, 0.05) is 6.61 Å². The summed E-state index contributed by atoms with van der Waals surface area (Å²) in [5.74, 6) is 1.23. The van der Waals surface area contributed by atoms with Gasteiger partial charge in [-0.1, -0.05) is 0 Å². The van der Waals surface area contributed by atoms with Crippen molar-refractivity contribution in [3.63, 3.8) is 0 Å². The Morgan fingerprint density at radius 3 is 3.00 bits per heavy atom. The van der Waals surface area contributed by atoms with Crippen molar-refractivity contribution in [3.8, 4) is 11.5 Å². The lowest BCUT2D eigenvalue weighted by atomic mass is 10.1. The van der Waals surface area contributed by atoms with Gasteiger partial charge in [0.15, 0.2) is 6.29 Å². The second-order valence-corrected chi connectivity index (χ2v) is 4.32. The Morgan fingerprint density at radius 2 is 2.33 bits per heavy atom. The number of ether oxygens (including phenoxy) is 3. The molecular formula is C14H18O4. The monoisotopic (exact) mass is 250 g/mol. The minimum Gasteiger partial charge on any atom is -0.497 e. The molecule has 0 bridgehead atoms. The molecule has 4 nitrogen and oxygen atoms in total. The Hall–Kier alpha value is -1.55. The molecule has 1 unspecified atom stereocenters. The van der Waals surface area contributed by atoms with Crippen molar-refractivity contribution < 1.29 is 19.0 Å². The van der Waals surface area contributed by atoms with Gasteiger partial charge in [0.25, 0.3) is 0 Å². The molecular weight excluding hydrogens is 232 g/mol. The lowest BCUT2D eigenvalue weighted by Gasteiger charge is -2.23. The second-order valence-electron chi connectivity index (χ2n) is 4.32. The third-order valence-electron chi connectivity index (χ3n) is 3.04. The maximum Gasteiger partial charge on any atom is 0.153 e. The number of hydrogen-bond donors (Lipinski definition) is 0. The first kappa shape index (κ1) is 12.9. The van der Waals surface area contributed by atoms with Crippen molar-refractivity contribution in [1.82, 2.24) is 0 Å². The number of rotatable bonds is 5. The van der Waals surface area contributed by atoms with Crippen molar-refractivity contribution in [2.24, 2.45) is 0 Å². The second kappa shape index (κ2) is 6.40. The van der Waals surface area contributed by atoms with E-state index in [9.17, 15) is 4.79 Å². The van der Waals surface area contributed by atoms with E-state index in [1.165, 1.54) is 6.42 Å². The van der Waals surface area contributed by atoms with E-state index in [0.29, 0.717) is 23.7 Å². The molecule has 1 aromatic carbocycles. The molecule has 0 aromatic heterocycles. The maximum absolute atomic E-state index is 11.0. The number of carbonyl (C=O) groups excluding carboxylic acids is 1. The SMILES string of the molecule is COc1ccc(OCC2CCCCO2)c(C=O)c1. The number of carbonyl (C=O) groups is 1. The van der Waals surface area contributed by atoms with Gasteiger partial charge < -0.3 is 14.2 Å². The van der Waals surface area contributed by atoms with E-state index in [-0.39, 0.29) is 6.10 Å². The molecule has 4 heteroatoms. The first-order valence-corrected chi connectivity index (χ1v) is 6.21. The van der Waals surface area contributed by atoms with Gasteiger partial charge in [-0.2, -0.15) is 0 Å². The van der Waals surface area contributed by atoms with E-state index >= 15 is 0 Å². The number of aldehydes is 1. The van der Waals surface area contributed by atoms with Crippen LogP contribution in [-0.4, -0.2) is 32.7 Å². The quantitative estimate of drug-likeness (QED) is 0.753. The summed E-state index contributed by atoms with van der Waals surface area (Å²) in [5.41, 5.74) is 0.505. The van der Waals surface area contributed by atoms with Crippen molar-refractivity contribution in [2.75, 3.05) is 20.3 Å². The molecule has 1 atom stereocenters. The molecule has 98 valence electrons. The van der Waals surface area contributed by atoms with Crippen LogP contribution >= 0.6 is 0 Å². The Balaban J connectivity index is 1.97. The van der Waals surface area contributed by atoms with Gasteiger partial charge >= 0.3 is 0 Å². The molecule has 1 aliphatic heterocycles. The molecule has 0 N–H and O–H groups in total. The van der Waals surface area contributed by atoms with Crippen molar-refractivity contribution in [3.05, 3.63) is 23.8 Å². The van der Waals surface area contributed by atoms with Gasteiger partial charge in [0.2, 0.25) is 0 Å². The average molecular weight is 250 g/mol. The summed E-state index contributed by atoms with van der Waals surface area (Å²) in [7, 11) is 1.57. The Bertz CT molecular complexity index is 397. The zero-order valence-corrected chi connectivity index (χ0v) is 10.6. The molecule has 0 saturated carbocycles. The Labute approximate surface area is 107 Å². The summed E-state index contributed by atoms with van der Waals surface area (Å²) in [6.45, 7) is 1.30. The number of methoxy groups -OCH3 is 1. The van der Waals surface area contributed by atoms with Crippen LogP contribution in [-0.2, 0) is 4.74 Å². The van der Waals surface area contributed by atoms with Crippen LogP contribution in [0.2, 0.25) is 0 Å². The highest BCUT2D eigenvalue weighted by Crippen LogP contribution is 2.23. The molecule has 0 amide bonds. The minimum atomic E-state index is 0.139. The predicted molar refractivity (Wildman–Crippen MR) is 67.5 cm³/mol. The van der Waals surface area contributed by atoms with E-state index in [0.717, 1.165) is 25.7 Å². The maximum atomic E-state index is 11.0. The van der Waals surface area contributed by atoms with Gasteiger partial charge in [-0.15, -0.1) is 0 Å². The predicted octanol–water partition coefficient (Wildman–Crippen LogP) is 2.46. The smallest absolute Gasteiger partial charge is 0.153 e. The topological polar surface area (TPSA) is 44.8 Å². The van der Waals surface area contributed by atoms with Crippen molar-refractivity contribution in [1.29, 1.82) is 0 Å². The summed E-state index contributed by atoms with van der Waals surface area (Å²) in [6, 6.07) is 5.21. The molecule has 0 aliphatic carbocycles. The fourth-order valence-electron chi connectivity index (χ4n) is 2.00. The average Bonchev–Trinajstić information content (AvgIpc) is 2.46. The molecule has 1 aliphatic rings. The lowest BCUT2D eigenvalue weighted by molar-refractivity contribution is -0.0111. The fraction of sp³-hybridized carbons (Fsp3) is 0.500. The zero-order valence-electron chi connectivity index (χ0n) is 10.6. The standard InChI is InChI=1S/C14H18O4/c1-16-12-5-6-14(11(8-12)9-15)18-10-13-4-2-3-7-17-13/h5-6,8-9,13H,2-4,7,10H2,1H3. The molecule has 1 fully saturated rings. The Kier molecular flexibility index (Phi) is 4.59. The van der Waals surface area contributed by atoms with Crippen LogP contribution < -0.4 is 9.47 Å².